The van der Waals surface area contributed by atoms with Crippen molar-refractivity contribution in [3.05, 3.63) is 80.4 Å². The Morgan fingerprint density at radius 2 is 1.64 bits per heavy atom. The number of anilines is 3. The van der Waals surface area contributed by atoms with Crippen molar-refractivity contribution in [2.75, 3.05) is 17.7 Å². The number of hydrogen-bond acceptors (Lipinski definition) is 6. The molecule has 3 rings (SSSR count). The van der Waals surface area contributed by atoms with E-state index in [4.69, 9.17) is 0 Å². The number of rotatable bonds is 6. The number of phenolic OH excluding ortho intramolecular Hbond substituents is 1. The molecule has 0 aliphatic rings. The Kier molecular flexibility index (Phi) is 5.45. The highest BCUT2D eigenvalue weighted by atomic mass is 16.3. The van der Waals surface area contributed by atoms with Crippen molar-refractivity contribution in [3.8, 4) is 5.75 Å². The molecular weight excluding hydrogens is 362 g/mol. The normalized spacial score (nSPS) is 10.3. The van der Waals surface area contributed by atoms with Crippen LogP contribution in [-0.2, 0) is 6.54 Å². The fourth-order valence-corrected chi connectivity index (χ4v) is 2.64. The highest BCUT2D eigenvalue weighted by Crippen LogP contribution is 2.30. The molecule has 0 atom stereocenters. The number of aromatic nitrogens is 2. The molecule has 1 heterocycles. The summed E-state index contributed by atoms with van der Waals surface area (Å²) in [5.41, 5.74) is -0.147. The lowest BCUT2D eigenvalue weighted by Gasteiger charge is -2.14. The summed E-state index contributed by atoms with van der Waals surface area (Å²) < 4.78 is 0. The van der Waals surface area contributed by atoms with Gasteiger partial charge in [0, 0.05) is 13.6 Å². The maximum atomic E-state index is 12.3. The first-order chi connectivity index (χ1) is 13.5. The molecule has 3 aromatic rings. The first-order valence-electron chi connectivity index (χ1n) is 8.45. The molecule has 2 aromatic carbocycles. The third-order valence-corrected chi connectivity index (χ3v) is 4.07. The predicted molar refractivity (Wildman–Crippen MR) is 106 cm³/mol. The van der Waals surface area contributed by atoms with Gasteiger partial charge in [-0.05, 0) is 17.7 Å². The van der Waals surface area contributed by atoms with Crippen LogP contribution in [0.2, 0.25) is 0 Å². The second kappa shape index (κ2) is 8.12. The summed E-state index contributed by atoms with van der Waals surface area (Å²) in [5, 5.41) is 23.0. The Hall–Kier alpha value is -4.01. The molecule has 0 spiro atoms. The highest BCUT2D eigenvalue weighted by Gasteiger charge is 2.17. The summed E-state index contributed by atoms with van der Waals surface area (Å²) in [6.07, 6.45) is 0. The number of benzene rings is 2. The molecule has 1 amide bonds. The van der Waals surface area contributed by atoms with E-state index < -0.39 is 17.0 Å². The average molecular weight is 381 g/mol. The van der Waals surface area contributed by atoms with E-state index in [0.717, 1.165) is 5.56 Å². The topological polar surface area (TPSA) is 139 Å². The molecule has 0 bridgehead atoms. The lowest BCUT2D eigenvalue weighted by Crippen LogP contribution is -2.26. The first kappa shape index (κ1) is 18.8. The summed E-state index contributed by atoms with van der Waals surface area (Å²) in [6, 6.07) is 13.8. The Morgan fingerprint density at radius 1 is 0.964 bits per heavy atom. The number of hydrogen-bond donors (Lipinski definition) is 6. The van der Waals surface area contributed by atoms with E-state index in [0.29, 0.717) is 6.54 Å². The van der Waals surface area contributed by atoms with Gasteiger partial charge in [0.15, 0.2) is 5.75 Å². The van der Waals surface area contributed by atoms with Crippen molar-refractivity contribution in [2.45, 2.75) is 6.54 Å². The van der Waals surface area contributed by atoms with Crippen LogP contribution in [0.4, 0.5) is 17.1 Å². The SMILES string of the molecule is CNC(=O)c1cccc(Nc2c(NCc3ccccc3)c(=O)[nH][nH]c2=O)c1O. The second-order valence-corrected chi connectivity index (χ2v) is 5.90. The van der Waals surface area contributed by atoms with Crippen LogP contribution in [-0.4, -0.2) is 28.3 Å². The number of aromatic hydroxyl groups is 1. The number of amides is 1. The van der Waals surface area contributed by atoms with Gasteiger partial charge >= 0.3 is 0 Å². The largest absolute Gasteiger partial charge is 0.505 e. The molecule has 28 heavy (non-hydrogen) atoms. The van der Waals surface area contributed by atoms with Gasteiger partial charge in [-0.1, -0.05) is 36.4 Å². The van der Waals surface area contributed by atoms with Crippen LogP contribution in [0.3, 0.4) is 0 Å². The Bertz CT molecular complexity index is 1110. The molecule has 144 valence electrons. The lowest BCUT2D eigenvalue weighted by atomic mass is 10.1. The first-order valence-corrected chi connectivity index (χ1v) is 8.45. The molecule has 0 saturated heterocycles. The summed E-state index contributed by atoms with van der Waals surface area (Å²) in [4.78, 5) is 36.4. The monoisotopic (exact) mass is 381 g/mol. The average Bonchev–Trinajstić information content (AvgIpc) is 2.71. The zero-order chi connectivity index (χ0) is 20.1. The van der Waals surface area contributed by atoms with Crippen molar-refractivity contribution in [1.82, 2.24) is 15.5 Å². The van der Waals surface area contributed by atoms with Crippen LogP contribution >= 0.6 is 0 Å². The van der Waals surface area contributed by atoms with Crippen molar-refractivity contribution in [3.63, 3.8) is 0 Å². The van der Waals surface area contributed by atoms with E-state index in [1.165, 1.54) is 19.2 Å². The zero-order valence-corrected chi connectivity index (χ0v) is 15.0. The highest BCUT2D eigenvalue weighted by molar-refractivity contribution is 5.98. The molecule has 0 aliphatic heterocycles. The van der Waals surface area contributed by atoms with E-state index in [-0.39, 0.29) is 28.4 Å². The van der Waals surface area contributed by atoms with E-state index >= 15 is 0 Å². The van der Waals surface area contributed by atoms with Gasteiger partial charge in [-0.15, -0.1) is 0 Å². The zero-order valence-electron chi connectivity index (χ0n) is 15.0. The van der Waals surface area contributed by atoms with Crippen molar-refractivity contribution < 1.29 is 9.90 Å². The van der Waals surface area contributed by atoms with Gasteiger partial charge in [0.25, 0.3) is 17.0 Å². The molecule has 1 aromatic heterocycles. The Morgan fingerprint density at radius 3 is 2.32 bits per heavy atom. The predicted octanol–water partition coefficient (Wildman–Crippen LogP) is 1.48. The van der Waals surface area contributed by atoms with Crippen LogP contribution < -0.4 is 27.1 Å². The minimum absolute atomic E-state index is 0.0114. The number of phenols is 1. The quantitative estimate of drug-likeness (QED) is 0.358. The molecule has 0 aliphatic carbocycles. The van der Waals surface area contributed by atoms with Gasteiger partial charge in [-0.25, -0.2) is 0 Å². The van der Waals surface area contributed by atoms with E-state index in [9.17, 15) is 19.5 Å². The summed E-state index contributed by atoms with van der Waals surface area (Å²) in [5.74, 6) is -0.820. The van der Waals surface area contributed by atoms with Gasteiger partial charge in [0.1, 0.15) is 11.4 Å². The molecule has 6 N–H and O–H groups in total. The maximum absolute atomic E-state index is 12.3. The number of nitrogens with one attached hydrogen (secondary N) is 5. The number of aromatic amines is 2. The van der Waals surface area contributed by atoms with Gasteiger partial charge in [0.2, 0.25) is 0 Å². The molecule has 9 nitrogen and oxygen atoms in total. The van der Waals surface area contributed by atoms with Crippen molar-refractivity contribution in [1.29, 1.82) is 0 Å². The lowest BCUT2D eigenvalue weighted by molar-refractivity contribution is 0.0960. The molecule has 9 heteroatoms. The molecule has 0 unspecified atom stereocenters. The number of para-hydroxylation sites is 1. The minimum Gasteiger partial charge on any atom is -0.505 e. The summed E-state index contributed by atoms with van der Waals surface area (Å²) in [6.45, 7) is 0.312. The van der Waals surface area contributed by atoms with Crippen molar-refractivity contribution in [2.24, 2.45) is 0 Å². The van der Waals surface area contributed by atoms with Crippen LogP contribution in [0.5, 0.6) is 5.75 Å². The van der Waals surface area contributed by atoms with Gasteiger partial charge < -0.3 is 21.1 Å². The number of carbonyl (C=O) groups is 1. The number of carbonyl (C=O) groups excluding carboxylic acids is 1. The smallest absolute Gasteiger partial charge is 0.288 e. The fourth-order valence-electron chi connectivity index (χ4n) is 2.64. The number of H-pyrrole nitrogens is 2. The minimum atomic E-state index is -0.597. The van der Waals surface area contributed by atoms with Crippen LogP contribution in [0.15, 0.2) is 58.1 Å². The molecule has 0 radical (unpaired) electrons. The summed E-state index contributed by atoms with van der Waals surface area (Å²) in [7, 11) is 1.44. The van der Waals surface area contributed by atoms with E-state index in [2.05, 4.69) is 26.1 Å². The Labute approximate surface area is 159 Å². The van der Waals surface area contributed by atoms with Crippen LogP contribution in [0.25, 0.3) is 0 Å². The van der Waals surface area contributed by atoms with Gasteiger partial charge in [-0.3, -0.25) is 24.6 Å². The Balaban J connectivity index is 1.97. The van der Waals surface area contributed by atoms with E-state index in [1.807, 2.05) is 30.3 Å². The van der Waals surface area contributed by atoms with Crippen LogP contribution in [0.1, 0.15) is 15.9 Å². The van der Waals surface area contributed by atoms with Crippen molar-refractivity contribution >= 4 is 23.0 Å². The van der Waals surface area contributed by atoms with Gasteiger partial charge in [0.05, 0.1) is 11.3 Å². The molecule has 0 fully saturated rings. The third-order valence-electron chi connectivity index (χ3n) is 4.07. The van der Waals surface area contributed by atoms with Crippen LogP contribution in [0, 0.1) is 0 Å². The third kappa shape index (κ3) is 3.88. The second-order valence-electron chi connectivity index (χ2n) is 5.90. The molecular formula is C19H19N5O4. The van der Waals surface area contributed by atoms with Gasteiger partial charge in [-0.2, -0.15) is 0 Å². The molecule has 0 saturated carbocycles. The standard InChI is InChI=1S/C19H19N5O4/c1-20-17(26)12-8-5-9-13(16(12)25)22-15-14(18(27)23-24-19(15)28)21-10-11-6-3-2-4-7-11/h2-9,25H,10H2,1H3,(H,20,26)(H2,21,24,28)(H2,22,23,27). The summed E-state index contributed by atoms with van der Waals surface area (Å²) >= 11 is 0. The van der Waals surface area contributed by atoms with E-state index in [1.54, 1.807) is 6.07 Å². The maximum Gasteiger partial charge on any atom is 0.288 e. The fraction of sp³-hybridized carbons (Fsp3) is 0.105.